The molecule has 2 aromatic carbocycles. The molecule has 0 amide bonds. The van der Waals surface area contributed by atoms with Gasteiger partial charge in [0.25, 0.3) is 0 Å². The quantitative estimate of drug-likeness (QED) is 0.396. The molecule has 0 radical (unpaired) electrons. The smallest absolute Gasteiger partial charge is 0.323 e. The van der Waals surface area contributed by atoms with Gasteiger partial charge in [-0.2, -0.15) is 0 Å². The molecule has 0 aliphatic carbocycles. The SMILES string of the molecule is COc1ccc(S(=O)(=O)c2ccccc2CN[C@@H](C(=O)O)C(O[Si](C)(C)C(C)(C)C)C(C)C)cc1. The zero-order valence-electron chi connectivity index (χ0n) is 22.0. The Morgan fingerprint density at radius 2 is 1.63 bits per heavy atom. The molecule has 0 fully saturated rings. The zero-order valence-corrected chi connectivity index (χ0v) is 23.8. The van der Waals surface area contributed by atoms with E-state index >= 15 is 0 Å². The molecule has 0 aliphatic rings. The molecule has 0 aromatic heterocycles. The molecular formula is C26H39NO6SSi. The fourth-order valence-electron chi connectivity index (χ4n) is 3.46. The number of hydrogen-bond donors (Lipinski definition) is 2. The first kappa shape index (κ1) is 29.0. The van der Waals surface area contributed by atoms with Gasteiger partial charge in [0.15, 0.2) is 8.32 Å². The number of nitrogens with one attached hydrogen (secondary N) is 1. The first-order chi connectivity index (χ1) is 16.1. The van der Waals surface area contributed by atoms with Crippen LogP contribution in [0.1, 0.15) is 40.2 Å². The van der Waals surface area contributed by atoms with Gasteiger partial charge in [-0.15, -0.1) is 0 Å². The van der Waals surface area contributed by atoms with Crippen LogP contribution in [0.3, 0.4) is 0 Å². The van der Waals surface area contributed by atoms with Crippen molar-refractivity contribution < 1.29 is 27.5 Å². The van der Waals surface area contributed by atoms with Crippen LogP contribution in [0, 0.1) is 5.92 Å². The monoisotopic (exact) mass is 521 g/mol. The normalized spacial score (nSPS) is 14.5. The number of aliphatic carboxylic acids is 1. The molecule has 0 bridgehead atoms. The molecular weight excluding hydrogens is 482 g/mol. The average Bonchev–Trinajstić information content (AvgIpc) is 2.77. The zero-order chi connectivity index (χ0) is 26.6. The highest BCUT2D eigenvalue weighted by Crippen LogP contribution is 2.38. The predicted molar refractivity (Wildman–Crippen MR) is 140 cm³/mol. The van der Waals surface area contributed by atoms with Gasteiger partial charge in [-0.05, 0) is 59.9 Å². The van der Waals surface area contributed by atoms with Crippen LogP contribution in [0.5, 0.6) is 5.75 Å². The number of rotatable bonds is 11. The lowest BCUT2D eigenvalue weighted by Gasteiger charge is -2.42. The summed E-state index contributed by atoms with van der Waals surface area (Å²) >= 11 is 0. The van der Waals surface area contributed by atoms with Gasteiger partial charge in [0.2, 0.25) is 9.84 Å². The van der Waals surface area contributed by atoms with Crippen LogP contribution in [-0.4, -0.2) is 47.1 Å². The van der Waals surface area contributed by atoms with E-state index in [4.69, 9.17) is 9.16 Å². The van der Waals surface area contributed by atoms with Crippen LogP contribution in [0.25, 0.3) is 0 Å². The largest absolute Gasteiger partial charge is 0.497 e. The highest BCUT2D eigenvalue weighted by Gasteiger charge is 2.43. The van der Waals surface area contributed by atoms with E-state index in [1.807, 2.05) is 13.8 Å². The van der Waals surface area contributed by atoms with Crippen LogP contribution in [-0.2, 0) is 25.6 Å². The van der Waals surface area contributed by atoms with Crippen molar-refractivity contribution >= 4 is 24.1 Å². The van der Waals surface area contributed by atoms with E-state index in [0.29, 0.717) is 11.3 Å². The Labute approximate surface area is 210 Å². The van der Waals surface area contributed by atoms with E-state index in [9.17, 15) is 18.3 Å². The maximum absolute atomic E-state index is 13.4. The first-order valence-corrected chi connectivity index (χ1v) is 16.1. The summed E-state index contributed by atoms with van der Waals surface area (Å²) in [5, 5.41) is 13.1. The van der Waals surface area contributed by atoms with E-state index in [0.717, 1.165) is 0 Å². The van der Waals surface area contributed by atoms with Gasteiger partial charge in [-0.25, -0.2) is 8.42 Å². The van der Waals surface area contributed by atoms with Gasteiger partial charge in [0, 0.05) is 6.54 Å². The van der Waals surface area contributed by atoms with Gasteiger partial charge in [0.05, 0.1) is 23.0 Å². The van der Waals surface area contributed by atoms with Crippen molar-refractivity contribution in [3.8, 4) is 5.75 Å². The van der Waals surface area contributed by atoms with E-state index in [2.05, 4.69) is 39.2 Å². The molecule has 7 nitrogen and oxygen atoms in total. The summed E-state index contributed by atoms with van der Waals surface area (Å²) in [6.07, 6.45) is -0.571. The van der Waals surface area contributed by atoms with Crippen molar-refractivity contribution in [3.63, 3.8) is 0 Å². The molecule has 0 saturated heterocycles. The van der Waals surface area contributed by atoms with Crippen molar-refractivity contribution in [3.05, 3.63) is 54.1 Å². The van der Waals surface area contributed by atoms with Gasteiger partial charge in [-0.1, -0.05) is 52.8 Å². The third-order valence-electron chi connectivity index (χ3n) is 6.63. The Morgan fingerprint density at radius 3 is 2.11 bits per heavy atom. The maximum atomic E-state index is 13.4. The average molecular weight is 522 g/mol. The number of carboxylic acids is 1. The Bertz CT molecular complexity index is 1110. The molecule has 2 aromatic rings. The summed E-state index contributed by atoms with van der Waals surface area (Å²) in [4.78, 5) is 12.6. The van der Waals surface area contributed by atoms with E-state index in [1.54, 1.807) is 36.4 Å². The Kier molecular flexibility index (Phi) is 9.32. The van der Waals surface area contributed by atoms with Crippen LogP contribution in [0.15, 0.2) is 58.3 Å². The molecule has 0 saturated carbocycles. The minimum absolute atomic E-state index is 0.0593. The highest BCUT2D eigenvalue weighted by atomic mass is 32.2. The van der Waals surface area contributed by atoms with E-state index in [1.165, 1.54) is 19.2 Å². The molecule has 0 aliphatic heterocycles. The number of carboxylic acid groups (broad SMARTS) is 1. The Balaban J connectivity index is 2.36. The van der Waals surface area contributed by atoms with Crippen LogP contribution >= 0.6 is 0 Å². The van der Waals surface area contributed by atoms with Gasteiger partial charge in [0.1, 0.15) is 11.8 Å². The minimum atomic E-state index is -3.81. The Hall–Kier alpha value is -2.20. The topological polar surface area (TPSA) is 102 Å². The van der Waals surface area contributed by atoms with Crippen LogP contribution < -0.4 is 10.1 Å². The predicted octanol–water partition coefficient (Wildman–Crippen LogP) is 5.12. The summed E-state index contributed by atoms with van der Waals surface area (Å²) in [7, 11) is -4.55. The number of hydrogen-bond acceptors (Lipinski definition) is 6. The summed E-state index contributed by atoms with van der Waals surface area (Å²) in [6.45, 7) is 14.5. The van der Waals surface area contributed by atoms with Crippen molar-refractivity contribution in [1.82, 2.24) is 5.32 Å². The molecule has 9 heteroatoms. The highest BCUT2D eigenvalue weighted by molar-refractivity contribution is 7.91. The van der Waals surface area contributed by atoms with E-state index < -0.39 is 36.3 Å². The third-order valence-corrected chi connectivity index (χ3v) is 13.0. The number of methoxy groups -OCH3 is 1. The number of ether oxygens (including phenoxy) is 1. The van der Waals surface area contributed by atoms with Gasteiger partial charge in [-0.3, -0.25) is 10.1 Å². The molecule has 0 spiro atoms. The van der Waals surface area contributed by atoms with Gasteiger partial charge >= 0.3 is 5.97 Å². The second-order valence-electron chi connectivity index (χ2n) is 10.6. The van der Waals surface area contributed by atoms with Crippen molar-refractivity contribution in [2.75, 3.05) is 7.11 Å². The summed E-state index contributed by atoms with van der Waals surface area (Å²) in [6, 6.07) is 11.8. The lowest BCUT2D eigenvalue weighted by Crippen LogP contribution is -2.55. The fourth-order valence-corrected chi connectivity index (χ4v) is 6.40. The summed E-state index contributed by atoms with van der Waals surface area (Å²) in [5.41, 5.74) is 0.490. The molecule has 2 rings (SSSR count). The van der Waals surface area contributed by atoms with Crippen molar-refractivity contribution in [2.24, 2.45) is 5.92 Å². The second kappa shape index (κ2) is 11.2. The Morgan fingerprint density at radius 1 is 1.06 bits per heavy atom. The molecule has 2 atom stereocenters. The molecule has 35 heavy (non-hydrogen) atoms. The molecule has 2 N–H and O–H groups in total. The summed E-state index contributed by atoms with van der Waals surface area (Å²) in [5.74, 6) is -0.529. The third kappa shape index (κ3) is 6.94. The second-order valence-corrected chi connectivity index (χ2v) is 17.2. The maximum Gasteiger partial charge on any atom is 0.323 e. The molecule has 0 heterocycles. The van der Waals surface area contributed by atoms with Crippen LogP contribution in [0.2, 0.25) is 18.1 Å². The lowest BCUT2D eigenvalue weighted by atomic mass is 9.99. The van der Waals surface area contributed by atoms with Crippen molar-refractivity contribution in [2.45, 2.75) is 81.2 Å². The molecule has 1 unspecified atom stereocenters. The molecule has 194 valence electrons. The van der Waals surface area contributed by atoms with Gasteiger partial charge < -0.3 is 14.3 Å². The number of carbonyl (C=O) groups is 1. The van der Waals surface area contributed by atoms with Crippen LogP contribution in [0.4, 0.5) is 0 Å². The standard InChI is InChI=1S/C26H39NO6SSi/c1-18(2)24(33-35(7,8)26(3,4)5)23(25(28)29)27-17-19-11-9-10-12-22(19)34(30,31)21-15-13-20(32-6)14-16-21/h9-16,18,23-24,27H,17H2,1-8H3,(H,28,29)/t23-,24?/m1/s1. The first-order valence-electron chi connectivity index (χ1n) is 11.7. The lowest BCUT2D eigenvalue weighted by molar-refractivity contribution is -0.143. The fraction of sp³-hybridized carbons (Fsp3) is 0.500. The number of benzene rings is 2. The van der Waals surface area contributed by atoms with Crippen molar-refractivity contribution in [1.29, 1.82) is 0 Å². The summed E-state index contributed by atoms with van der Waals surface area (Å²) < 4.78 is 38.4. The number of sulfone groups is 1. The minimum Gasteiger partial charge on any atom is -0.497 e. The van der Waals surface area contributed by atoms with E-state index in [-0.39, 0.29) is 27.3 Å².